The van der Waals surface area contributed by atoms with E-state index in [9.17, 15) is 9.59 Å². The molecule has 1 fully saturated rings. The van der Waals surface area contributed by atoms with Gasteiger partial charge in [0.25, 0.3) is 0 Å². The largest absolute Gasteiger partial charge is 0.513 e. The van der Waals surface area contributed by atoms with Crippen LogP contribution in [0.4, 0.5) is 4.79 Å². The van der Waals surface area contributed by atoms with E-state index in [0.29, 0.717) is 0 Å². The number of methoxy groups -OCH3 is 2. The second-order valence-electron chi connectivity index (χ2n) is 16.7. The summed E-state index contributed by atoms with van der Waals surface area (Å²) >= 11 is 0. The molecule has 5 aromatic rings. The third-order valence-corrected chi connectivity index (χ3v) is 11.0. The maximum absolute atomic E-state index is 10.5. The summed E-state index contributed by atoms with van der Waals surface area (Å²) in [4.78, 5) is 20.6. The number of aryl methyl sites for hydroxylation is 6. The SMILES string of the molecule is COCOC(=O)OCOC(C)=O.COc1ccc(C(C)(C)C)cc1.Cc1ccc(-c2ccc(C)cc2)cc1.Cc1ccc(C2(c3ccc(C)c(C)c3)CCCCC2)cc1C. The van der Waals surface area contributed by atoms with Crippen LogP contribution in [0.2, 0.25) is 0 Å². The van der Waals surface area contributed by atoms with Gasteiger partial charge in [-0.25, -0.2) is 4.79 Å². The molecular formula is C53H68O7. The summed E-state index contributed by atoms with van der Waals surface area (Å²) in [6, 6.07) is 39.7. The summed E-state index contributed by atoms with van der Waals surface area (Å²) in [7, 11) is 3.05. The molecule has 0 aromatic heterocycles. The quantitative estimate of drug-likeness (QED) is 0.114. The minimum Gasteiger partial charge on any atom is -0.497 e. The molecule has 1 saturated carbocycles. The second-order valence-corrected chi connectivity index (χ2v) is 16.7. The van der Waals surface area contributed by atoms with Gasteiger partial charge < -0.3 is 23.7 Å². The zero-order valence-corrected chi connectivity index (χ0v) is 38.2. The summed E-state index contributed by atoms with van der Waals surface area (Å²) in [5.74, 6) is 0.387. The number of hydrogen-bond acceptors (Lipinski definition) is 7. The summed E-state index contributed by atoms with van der Waals surface area (Å²) in [5.41, 5.74) is 15.7. The zero-order valence-electron chi connectivity index (χ0n) is 38.2. The van der Waals surface area contributed by atoms with Gasteiger partial charge in [-0.05, 0) is 122 Å². The minimum absolute atomic E-state index is 0.196. The number of carbonyl (C=O) groups excluding carboxylic acids is 2. The third kappa shape index (κ3) is 15.6. The standard InChI is InChI=1S/C22H28.C14H14.C11H16O.C6H10O6/c1-16-8-10-20(14-18(16)3)22(12-6-5-7-13-22)21-11-9-17(2)19(4)15-21;1-11-3-7-13(8-4-11)14-9-5-12(2)6-10-14;1-11(2,3)9-5-7-10(12-4)8-6-9;1-5(7)10-4-12-6(8)11-3-9-2/h8-11,14-15H,5-7,12-13H2,1-4H3;3-10H,1-2H3;5-8H,1-4H3;3-4H2,1-2H3. The van der Waals surface area contributed by atoms with E-state index in [1.54, 1.807) is 7.11 Å². The Kier molecular flexibility index (Phi) is 19.6. The van der Waals surface area contributed by atoms with Gasteiger partial charge in [-0.1, -0.05) is 148 Å². The molecule has 322 valence electrons. The van der Waals surface area contributed by atoms with Crippen molar-refractivity contribution < 1.29 is 33.3 Å². The Morgan fingerprint density at radius 3 is 1.38 bits per heavy atom. The minimum atomic E-state index is -0.946. The van der Waals surface area contributed by atoms with Crippen LogP contribution in [0, 0.1) is 41.5 Å². The molecule has 0 spiro atoms. The van der Waals surface area contributed by atoms with Crippen molar-refractivity contribution in [2.45, 2.75) is 112 Å². The van der Waals surface area contributed by atoms with Gasteiger partial charge in [-0.15, -0.1) is 0 Å². The van der Waals surface area contributed by atoms with E-state index in [0.717, 1.165) is 5.75 Å². The molecule has 0 radical (unpaired) electrons. The van der Waals surface area contributed by atoms with Crippen molar-refractivity contribution in [2.75, 3.05) is 27.8 Å². The predicted molar refractivity (Wildman–Crippen MR) is 245 cm³/mol. The first-order valence-corrected chi connectivity index (χ1v) is 20.8. The van der Waals surface area contributed by atoms with Gasteiger partial charge in [0.15, 0.2) is 6.79 Å². The fourth-order valence-electron chi connectivity index (χ4n) is 6.87. The van der Waals surface area contributed by atoms with Crippen LogP contribution in [0.1, 0.15) is 110 Å². The monoisotopic (exact) mass is 816 g/mol. The van der Waals surface area contributed by atoms with Crippen molar-refractivity contribution in [3.63, 3.8) is 0 Å². The molecule has 0 unspecified atom stereocenters. The summed E-state index contributed by atoms with van der Waals surface area (Å²) in [5, 5.41) is 0. The lowest BCUT2D eigenvalue weighted by Crippen LogP contribution is -2.30. The lowest BCUT2D eigenvalue weighted by molar-refractivity contribution is -0.151. The van der Waals surface area contributed by atoms with Crippen LogP contribution < -0.4 is 4.74 Å². The molecule has 0 N–H and O–H groups in total. The molecule has 60 heavy (non-hydrogen) atoms. The summed E-state index contributed by atoms with van der Waals surface area (Å²) < 4.78 is 22.3. The maximum atomic E-state index is 10.5. The fourth-order valence-corrected chi connectivity index (χ4v) is 6.87. The van der Waals surface area contributed by atoms with E-state index in [-0.39, 0.29) is 17.6 Å². The Hall–Kier alpha value is -5.40. The lowest BCUT2D eigenvalue weighted by atomic mass is 9.64. The van der Waals surface area contributed by atoms with E-state index in [1.807, 2.05) is 12.1 Å². The predicted octanol–water partition coefficient (Wildman–Crippen LogP) is 13.4. The normalized spacial score (nSPS) is 12.8. The first-order valence-electron chi connectivity index (χ1n) is 20.8. The second kappa shape index (κ2) is 24.0. The van der Waals surface area contributed by atoms with E-state index >= 15 is 0 Å². The Morgan fingerprint density at radius 2 is 1.00 bits per heavy atom. The van der Waals surface area contributed by atoms with Crippen molar-refractivity contribution in [2.24, 2.45) is 0 Å². The van der Waals surface area contributed by atoms with Gasteiger partial charge in [-0.3, -0.25) is 4.79 Å². The van der Waals surface area contributed by atoms with Gasteiger partial charge in [0.05, 0.1) is 7.11 Å². The van der Waals surface area contributed by atoms with Gasteiger partial charge in [-0.2, -0.15) is 0 Å². The highest BCUT2D eigenvalue weighted by atomic mass is 16.8. The van der Waals surface area contributed by atoms with Crippen molar-refractivity contribution in [1.82, 2.24) is 0 Å². The molecule has 7 nitrogen and oxygen atoms in total. The number of benzene rings is 5. The van der Waals surface area contributed by atoms with E-state index in [1.165, 1.54) is 107 Å². The first kappa shape index (κ1) is 49.0. The smallest absolute Gasteiger partial charge is 0.497 e. The molecule has 5 aromatic carbocycles. The Bertz CT molecular complexity index is 1950. The molecule has 0 amide bonds. The van der Waals surface area contributed by atoms with Crippen LogP contribution in [0.25, 0.3) is 11.1 Å². The molecule has 0 aliphatic heterocycles. The van der Waals surface area contributed by atoms with Gasteiger partial charge in [0, 0.05) is 19.4 Å². The average molecular weight is 817 g/mol. The highest BCUT2D eigenvalue weighted by Gasteiger charge is 2.36. The highest BCUT2D eigenvalue weighted by Crippen LogP contribution is 2.45. The number of carbonyl (C=O) groups is 2. The van der Waals surface area contributed by atoms with E-state index in [4.69, 9.17) is 4.74 Å². The lowest BCUT2D eigenvalue weighted by Gasteiger charge is -2.39. The van der Waals surface area contributed by atoms with Gasteiger partial charge in [0.2, 0.25) is 6.79 Å². The molecule has 0 bridgehead atoms. The Morgan fingerprint density at radius 1 is 0.550 bits per heavy atom. The van der Waals surface area contributed by atoms with Crippen LogP contribution >= 0.6 is 0 Å². The van der Waals surface area contributed by atoms with E-state index < -0.39 is 18.9 Å². The maximum Gasteiger partial charge on any atom is 0.513 e. The molecule has 0 heterocycles. The van der Waals surface area contributed by atoms with Gasteiger partial charge in [0.1, 0.15) is 5.75 Å². The average Bonchev–Trinajstić information content (AvgIpc) is 3.23. The number of hydrogen-bond donors (Lipinski definition) is 0. The zero-order chi connectivity index (χ0) is 44.3. The van der Waals surface area contributed by atoms with E-state index in [2.05, 4.69) is 178 Å². The van der Waals surface area contributed by atoms with Crippen molar-refractivity contribution in [3.8, 4) is 16.9 Å². The number of rotatable bonds is 8. The van der Waals surface area contributed by atoms with Crippen LogP contribution in [0.3, 0.4) is 0 Å². The molecule has 1 aliphatic carbocycles. The molecule has 0 saturated heterocycles. The molecule has 1 aliphatic rings. The number of ether oxygens (including phenoxy) is 5. The van der Waals surface area contributed by atoms with Crippen LogP contribution in [-0.2, 0) is 34.6 Å². The highest BCUT2D eigenvalue weighted by molar-refractivity contribution is 5.66. The third-order valence-electron chi connectivity index (χ3n) is 11.0. The van der Waals surface area contributed by atoms with Crippen LogP contribution in [0.15, 0.2) is 109 Å². The topological polar surface area (TPSA) is 80.3 Å². The Balaban J connectivity index is 0.000000223. The summed E-state index contributed by atoms with van der Waals surface area (Å²) in [6.45, 7) is 20.3. The van der Waals surface area contributed by atoms with Gasteiger partial charge >= 0.3 is 12.1 Å². The van der Waals surface area contributed by atoms with Crippen molar-refractivity contribution in [3.05, 3.63) is 159 Å². The fraction of sp³-hybridized carbons (Fsp3) is 0.396. The molecule has 6 rings (SSSR count). The van der Waals surface area contributed by atoms with Crippen molar-refractivity contribution >= 4 is 12.1 Å². The first-order chi connectivity index (χ1) is 28.5. The Labute approximate surface area is 360 Å². The van der Waals surface area contributed by atoms with Crippen molar-refractivity contribution in [1.29, 1.82) is 0 Å². The molecule has 7 heteroatoms. The number of esters is 1. The molecular weight excluding hydrogens is 749 g/mol. The molecule has 0 atom stereocenters. The summed E-state index contributed by atoms with van der Waals surface area (Å²) in [6.07, 6.45) is 5.71. The van der Waals surface area contributed by atoms with Crippen LogP contribution in [0.5, 0.6) is 5.75 Å². The van der Waals surface area contributed by atoms with Crippen LogP contribution in [-0.4, -0.2) is 39.9 Å².